The highest BCUT2D eigenvalue weighted by Crippen LogP contribution is 2.31. The van der Waals surface area contributed by atoms with E-state index in [0.29, 0.717) is 30.9 Å². The zero-order valence-corrected chi connectivity index (χ0v) is 14.6. The number of nitrogens with one attached hydrogen (secondary N) is 2. The molecule has 2 N–H and O–H groups in total. The predicted octanol–water partition coefficient (Wildman–Crippen LogP) is 1.51. The Balaban J connectivity index is 0.00000264. The van der Waals surface area contributed by atoms with Gasteiger partial charge in [0.25, 0.3) is 5.91 Å². The normalized spacial score (nSPS) is 16.1. The van der Waals surface area contributed by atoms with Gasteiger partial charge >= 0.3 is 0 Å². The molecule has 1 aromatic carbocycles. The van der Waals surface area contributed by atoms with Gasteiger partial charge in [-0.1, -0.05) is 12.1 Å². The molecule has 2 rings (SSSR count). The molecule has 6 nitrogen and oxygen atoms in total. The minimum absolute atomic E-state index is 0. The molecule has 23 heavy (non-hydrogen) atoms. The summed E-state index contributed by atoms with van der Waals surface area (Å²) in [7, 11) is 4.78. The maximum atomic E-state index is 12.5. The molecule has 1 aliphatic heterocycles. The van der Waals surface area contributed by atoms with Gasteiger partial charge in [0, 0.05) is 19.2 Å². The van der Waals surface area contributed by atoms with Crippen LogP contribution in [-0.2, 0) is 16.1 Å². The molecule has 0 unspecified atom stereocenters. The van der Waals surface area contributed by atoms with Crippen LogP contribution in [0.1, 0.15) is 18.4 Å². The Bertz CT molecular complexity index is 519. The molecule has 0 radical (unpaired) electrons. The van der Waals surface area contributed by atoms with Crippen molar-refractivity contribution in [1.29, 1.82) is 0 Å². The molecule has 0 spiro atoms. The zero-order valence-electron chi connectivity index (χ0n) is 13.8. The molecule has 1 fully saturated rings. The molecule has 0 saturated carbocycles. The zero-order chi connectivity index (χ0) is 16.0. The van der Waals surface area contributed by atoms with E-state index in [4.69, 9.17) is 14.2 Å². The summed E-state index contributed by atoms with van der Waals surface area (Å²) in [6, 6.07) is 5.61. The number of piperidine rings is 1. The van der Waals surface area contributed by atoms with Crippen LogP contribution in [0.25, 0.3) is 0 Å². The lowest BCUT2D eigenvalue weighted by Gasteiger charge is -2.34. The lowest BCUT2D eigenvalue weighted by molar-refractivity contribution is -0.146. The fraction of sp³-hybridized carbons (Fsp3) is 0.562. The highest BCUT2D eigenvalue weighted by molar-refractivity contribution is 5.85. The number of halogens is 1. The first-order valence-corrected chi connectivity index (χ1v) is 7.41. The van der Waals surface area contributed by atoms with Crippen molar-refractivity contribution in [2.45, 2.75) is 25.0 Å². The number of para-hydroxylation sites is 1. The average molecular weight is 345 g/mol. The van der Waals surface area contributed by atoms with E-state index in [1.165, 1.54) is 0 Å². The van der Waals surface area contributed by atoms with Gasteiger partial charge in [0.05, 0.1) is 14.2 Å². The molecule has 0 bridgehead atoms. The first kappa shape index (κ1) is 19.5. The highest BCUT2D eigenvalue weighted by Gasteiger charge is 2.39. The summed E-state index contributed by atoms with van der Waals surface area (Å²) in [5.74, 6) is 1.21. The third kappa shape index (κ3) is 4.28. The molecule has 0 aromatic heterocycles. The molecule has 1 heterocycles. The van der Waals surface area contributed by atoms with Crippen molar-refractivity contribution in [2.75, 3.05) is 34.4 Å². The van der Waals surface area contributed by atoms with Gasteiger partial charge in [0.2, 0.25) is 0 Å². The second-order valence-corrected chi connectivity index (χ2v) is 5.28. The fourth-order valence-corrected chi connectivity index (χ4v) is 2.78. The number of amides is 1. The third-order valence-electron chi connectivity index (χ3n) is 4.14. The third-order valence-corrected chi connectivity index (χ3v) is 4.14. The van der Waals surface area contributed by atoms with E-state index >= 15 is 0 Å². The number of methoxy groups -OCH3 is 3. The minimum Gasteiger partial charge on any atom is -0.493 e. The Morgan fingerprint density at radius 3 is 2.48 bits per heavy atom. The van der Waals surface area contributed by atoms with Crippen LogP contribution in [0.4, 0.5) is 0 Å². The Morgan fingerprint density at radius 1 is 1.22 bits per heavy atom. The van der Waals surface area contributed by atoms with E-state index in [9.17, 15) is 4.79 Å². The second kappa shape index (κ2) is 8.96. The van der Waals surface area contributed by atoms with Crippen molar-refractivity contribution < 1.29 is 19.0 Å². The Kier molecular flexibility index (Phi) is 7.61. The lowest BCUT2D eigenvalue weighted by Crippen LogP contribution is -2.53. The van der Waals surface area contributed by atoms with Gasteiger partial charge in [-0.25, -0.2) is 0 Å². The first-order chi connectivity index (χ1) is 10.7. The van der Waals surface area contributed by atoms with Gasteiger partial charge < -0.3 is 24.8 Å². The molecule has 1 aliphatic rings. The largest absolute Gasteiger partial charge is 0.493 e. The quantitative estimate of drug-likeness (QED) is 0.818. The number of benzene rings is 1. The van der Waals surface area contributed by atoms with Gasteiger partial charge in [-0.15, -0.1) is 12.4 Å². The Labute approximate surface area is 143 Å². The van der Waals surface area contributed by atoms with Crippen LogP contribution in [-0.4, -0.2) is 45.9 Å². The number of ether oxygens (including phenoxy) is 3. The monoisotopic (exact) mass is 344 g/mol. The van der Waals surface area contributed by atoms with Crippen molar-refractivity contribution >= 4 is 18.3 Å². The smallest absolute Gasteiger partial charge is 0.252 e. The minimum atomic E-state index is -0.739. The van der Waals surface area contributed by atoms with E-state index < -0.39 is 5.60 Å². The van der Waals surface area contributed by atoms with Crippen LogP contribution in [0.15, 0.2) is 18.2 Å². The SMILES string of the molecule is COc1cccc(CNC(=O)C2(OC)CCNCC2)c1OC.Cl. The Morgan fingerprint density at radius 2 is 1.91 bits per heavy atom. The van der Waals surface area contributed by atoms with Crippen LogP contribution in [0.2, 0.25) is 0 Å². The van der Waals surface area contributed by atoms with E-state index in [-0.39, 0.29) is 18.3 Å². The van der Waals surface area contributed by atoms with Gasteiger partial charge in [0.15, 0.2) is 11.5 Å². The molecule has 130 valence electrons. The number of carbonyl (C=O) groups is 1. The van der Waals surface area contributed by atoms with Crippen molar-refractivity contribution in [2.24, 2.45) is 0 Å². The summed E-state index contributed by atoms with van der Waals surface area (Å²) < 4.78 is 16.2. The van der Waals surface area contributed by atoms with E-state index in [0.717, 1.165) is 18.7 Å². The summed E-state index contributed by atoms with van der Waals surface area (Å²) in [6.07, 6.45) is 1.34. The van der Waals surface area contributed by atoms with Crippen molar-refractivity contribution in [3.05, 3.63) is 23.8 Å². The molecular weight excluding hydrogens is 320 g/mol. The summed E-state index contributed by atoms with van der Waals surface area (Å²) in [5.41, 5.74) is 0.132. The van der Waals surface area contributed by atoms with E-state index in [1.807, 2.05) is 18.2 Å². The van der Waals surface area contributed by atoms with Gasteiger partial charge in [-0.05, 0) is 32.0 Å². The molecule has 1 aromatic rings. The summed E-state index contributed by atoms with van der Waals surface area (Å²) in [5, 5.41) is 6.20. The van der Waals surface area contributed by atoms with Crippen molar-refractivity contribution in [3.8, 4) is 11.5 Å². The second-order valence-electron chi connectivity index (χ2n) is 5.28. The van der Waals surface area contributed by atoms with Crippen molar-refractivity contribution in [1.82, 2.24) is 10.6 Å². The summed E-state index contributed by atoms with van der Waals surface area (Å²) in [6.45, 7) is 1.94. The van der Waals surface area contributed by atoms with E-state index in [2.05, 4.69) is 10.6 Å². The number of hydrogen-bond donors (Lipinski definition) is 2. The van der Waals surface area contributed by atoms with Crippen LogP contribution in [0.3, 0.4) is 0 Å². The van der Waals surface area contributed by atoms with Gasteiger partial charge in [-0.2, -0.15) is 0 Å². The van der Waals surface area contributed by atoms with Crippen molar-refractivity contribution in [3.63, 3.8) is 0 Å². The summed E-state index contributed by atoms with van der Waals surface area (Å²) in [4.78, 5) is 12.5. The number of carbonyl (C=O) groups excluding carboxylic acids is 1. The predicted molar refractivity (Wildman–Crippen MR) is 90.5 cm³/mol. The maximum Gasteiger partial charge on any atom is 0.252 e. The fourth-order valence-electron chi connectivity index (χ4n) is 2.78. The Hall–Kier alpha value is -1.50. The number of rotatable bonds is 6. The average Bonchev–Trinajstić information content (AvgIpc) is 2.59. The number of hydrogen-bond acceptors (Lipinski definition) is 5. The van der Waals surface area contributed by atoms with Gasteiger partial charge in [-0.3, -0.25) is 4.79 Å². The standard InChI is InChI=1S/C16H24N2O4.ClH/c1-20-13-6-4-5-12(14(13)21-2)11-18-15(19)16(22-3)7-9-17-10-8-16;/h4-6,17H,7-11H2,1-3H3,(H,18,19);1H. The molecule has 1 amide bonds. The van der Waals surface area contributed by atoms with Crippen LogP contribution < -0.4 is 20.1 Å². The summed E-state index contributed by atoms with van der Waals surface area (Å²) >= 11 is 0. The molecule has 7 heteroatoms. The van der Waals surface area contributed by atoms with Gasteiger partial charge in [0.1, 0.15) is 5.60 Å². The molecule has 0 atom stereocenters. The van der Waals surface area contributed by atoms with Crippen LogP contribution in [0, 0.1) is 0 Å². The molecule has 0 aliphatic carbocycles. The highest BCUT2D eigenvalue weighted by atomic mass is 35.5. The van der Waals surface area contributed by atoms with E-state index in [1.54, 1.807) is 21.3 Å². The first-order valence-electron chi connectivity index (χ1n) is 7.41. The molecular formula is C16H25ClN2O4. The topological polar surface area (TPSA) is 68.8 Å². The van der Waals surface area contributed by atoms with Crippen LogP contribution in [0.5, 0.6) is 11.5 Å². The van der Waals surface area contributed by atoms with Crippen LogP contribution >= 0.6 is 12.4 Å². The molecule has 1 saturated heterocycles. The maximum absolute atomic E-state index is 12.5. The lowest BCUT2D eigenvalue weighted by atomic mass is 9.91.